The summed E-state index contributed by atoms with van der Waals surface area (Å²) in [6, 6.07) is 3.23. The monoisotopic (exact) mass is 262 g/mol. The SMILES string of the molecule is COC(=O)c1ccnc(NCCc2nc(C)no2)c1. The first-order chi connectivity index (χ1) is 9.19. The largest absolute Gasteiger partial charge is 0.465 e. The highest BCUT2D eigenvalue weighted by Gasteiger charge is 2.07. The van der Waals surface area contributed by atoms with Crippen LogP contribution in [0.2, 0.25) is 0 Å². The lowest BCUT2D eigenvalue weighted by atomic mass is 10.2. The Kier molecular flexibility index (Phi) is 4.07. The second-order valence-electron chi connectivity index (χ2n) is 3.83. The Labute approximate surface area is 110 Å². The van der Waals surface area contributed by atoms with Crippen molar-refractivity contribution in [1.29, 1.82) is 0 Å². The highest BCUT2D eigenvalue weighted by atomic mass is 16.5. The molecule has 0 spiro atoms. The standard InChI is InChI=1S/C12H14N4O3/c1-8-15-11(19-16-8)4-6-14-10-7-9(3-5-13-10)12(17)18-2/h3,5,7H,4,6H2,1-2H3,(H,13,14). The number of hydrogen-bond donors (Lipinski definition) is 1. The topological polar surface area (TPSA) is 90.1 Å². The molecule has 19 heavy (non-hydrogen) atoms. The van der Waals surface area contributed by atoms with Gasteiger partial charge in [-0.3, -0.25) is 0 Å². The number of rotatable bonds is 5. The smallest absolute Gasteiger partial charge is 0.338 e. The van der Waals surface area contributed by atoms with Crippen molar-refractivity contribution < 1.29 is 14.1 Å². The van der Waals surface area contributed by atoms with Crippen LogP contribution in [0.15, 0.2) is 22.9 Å². The number of methoxy groups -OCH3 is 1. The van der Waals surface area contributed by atoms with Crippen molar-refractivity contribution in [1.82, 2.24) is 15.1 Å². The number of aryl methyl sites for hydroxylation is 1. The highest BCUT2D eigenvalue weighted by Crippen LogP contribution is 2.08. The zero-order valence-corrected chi connectivity index (χ0v) is 10.7. The van der Waals surface area contributed by atoms with Crippen molar-refractivity contribution in [3.63, 3.8) is 0 Å². The van der Waals surface area contributed by atoms with Crippen LogP contribution in [0.3, 0.4) is 0 Å². The van der Waals surface area contributed by atoms with E-state index in [1.54, 1.807) is 25.3 Å². The number of aromatic nitrogens is 3. The van der Waals surface area contributed by atoms with Crippen molar-refractivity contribution in [2.75, 3.05) is 19.0 Å². The molecular formula is C12H14N4O3. The summed E-state index contributed by atoms with van der Waals surface area (Å²) >= 11 is 0. The van der Waals surface area contributed by atoms with E-state index in [2.05, 4.69) is 25.2 Å². The van der Waals surface area contributed by atoms with E-state index in [0.29, 0.717) is 36.1 Å². The number of pyridine rings is 1. The summed E-state index contributed by atoms with van der Waals surface area (Å²) in [6.45, 7) is 2.35. The first kappa shape index (κ1) is 13.0. The minimum Gasteiger partial charge on any atom is -0.465 e. The third-order valence-corrected chi connectivity index (χ3v) is 2.40. The van der Waals surface area contributed by atoms with Gasteiger partial charge in [0.25, 0.3) is 0 Å². The van der Waals surface area contributed by atoms with Gasteiger partial charge in [-0.05, 0) is 19.1 Å². The molecule has 0 aliphatic carbocycles. The predicted molar refractivity (Wildman–Crippen MR) is 66.8 cm³/mol. The molecule has 0 fully saturated rings. The second-order valence-corrected chi connectivity index (χ2v) is 3.83. The summed E-state index contributed by atoms with van der Waals surface area (Å²) in [4.78, 5) is 19.5. The molecule has 0 atom stereocenters. The fraction of sp³-hybridized carbons (Fsp3) is 0.333. The zero-order chi connectivity index (χ0) is 13.7. The van der Waals surface area contributed by atoms with Gasteiger partial charge in [-0.1, -0.05) is 5.16 Å². The van der Waals surface area contributed by atoms with Gasteiger partial charge in [0.1, 0.15) is 5.82 Å². The second kappa shape index (κ2) is 5.94. The average Bonchev–Trinajstić information content (AvgIpc) is 2.84. The Bertz CT molecular complexity index is 568. The number of hydrogen-bond acceptors (Lipinski definition) is 7. The van der Waals surface area contributed by atoms with Crippen LogP contribution in [0.4, 0.5) is 5.82 Å². The Morgan fingerprint density at radius 3 is 3.05 bits per heavy atom. The number of nitrogens with zero attached hydrogens (tertiary/aromatic N) is 3. The van der Waals surface area contributed by atoms with Crippen LogP contribution in [0.25, 0.3) is 0 Å². The van der Waals surface area contributed by atoms with Crippen molar-refractivity contribution in [3.05, 3.63) is 35.6 Å². The van der Waals surface area contributed by atoms with Crippen LogP contribution >= 0.6 is 0 Å². The molecule has 0 aliphatic rings. The number of anilines is 1. The molecule has 100 valence electrons. The number of carbonyl (C=O) groups excluding carboxylic acids is 1. The molecule has 0 radical (unpaired) electrons. The van der Waals surface area contributed by atoms with Crippen molar-refractivity contribution in [3.8, 4) is 0 Å². The van der Waals surface area contributed by atoms with Crippen molar-refractivity contribution in [2.24, 2.45) is 0 Å². The predicted octanol–water partition coefficient (Wildman–Crippen LogP) is 1.21. The van der Waals surface area contributed by atoms with Gasteiger partial charge in [-0.2, -0.15) is 4.98 Å². The molecule has 2 aromatic rings. The summed E-state index contributed by atoms with van der Waals surface area (Å²) in [5.41, 5.74) is 0.452. The molecule has 2 heterocycles. The van der Waals surface area contributed by atoms with Crippen LogP contribution in [0.5, 0.6) is 0 Å². The normalized spacial score (nSPS) is 10.2. The summed E-state index contributed by atoms with van der Waals surface area (Å²) in [5, 5.41) is 6.78. The molecule has 2 rings (SSSR count). The lowest BCUT2D eigenvalue weighted by Crippen LogP contribution is -2.08. The Hall–Kier alpha value is -2.44. The van der Waals surface area contributed by atoms with E-state index in [1.807, 2.05) is 0 Å². The molecule has 0 bridgehead atoms. The van der Waals surface area contributed by atoms with E-state index in [0.717, 1.165) is 0 Å². The molecule has 7 nitrogen and oxygen atoms in total. The summed E-state index contributed by atoms with van der Waals surface area (Å²) < 4.78 is 9.63. The molecule has 2 aromatic heterocycles. The molecule has 0 saturated carbocycles. The number of esters is 1. The molecule has 0 saturated heterocycles. The van der Waals surface area contributed by atoms with E-state index < -0.39 is 5.97 Å². The van der Waals surface area contributed by atoms with E-state index in [4.69, 9.17) is 4.52 Å². The third-order valence-electron chi connectivity index (χ3n) is 2.40. The van der Waals surface area contributed by atoms with Crippen LogP contribution in [-0.4, -0.2) is 34.7 Å². The summed E-state index contributed by atoms with van der Waals surface area (Å²) in [6.07, 6.45) is 2.14. The number of nitrogens with one attached hydrogen (secondary N) is 1. The van der Waals surface area contributed by atoms with Gasteiger partial charge in [0, 0.05) is 19.2 Å². The fourth-order valence-corrected chi connectivity index (χ4v) is 1.51. The van der Waals surface area contributed by atoms with Crippen molar-refractivity contribution >= 4 is 11.8 Å². The zero-order valence-electron chi connectivity index (χ0n) is 10.7. The van der Waals surface area contributed by atoms with E-state index in [-0.39, 0.29) is 0 Å². The van der Waals surface area contributed by atoms with Crippen LogP contribution in [0.1, 0.15) is 22.1 Å². The molecule has 0 amide bonds. The summed E-state index contributed by atoms with van der Waals surface area (Å²) in [7, 11) is 1.34. The van der Waals surface area contributed by atoms with Gasteiger partial charge in [0.2, 0.25) is 5.89 Å². The molecule has 0 unspecified atom stereocenters. The average molecular weight is 262 g/mol. The Morgan fingerprint density at radius 1 is 1.53 bits per heavy atom. The van der Waals surface area contributed by atoms with Gasteiger partial charge in [0.05, 0.1) is 12.7 Å². The highest BCUT2D eigenvalue weighted by molar-refractivity contribution is 5.89. The summed E-state index contributed by atoms with van der Waals surface area (Å²) in [5.74, 6) is 1.38. The lowest BCUT2D eigenvalue weighted by molar-refractivity contribution is 0.0600. The fourth-order valence-electron chi connectivity index (χ4n) is 1.51. The van der Waals surface area contributed by atoms with E-state index in [1.165, 1.54) is 7.11 Å². The minimum atomic E-state index is -0.391. The Morgan fingerprint density at radius 2 is 2.37 bits per heavy atom. The Balaban J connectivity index is 1.90. The maximum Gasteiger partial charge on any atom is 0.338 e. The maximum absolute atomic E-state index is 11.4. The van der Waals surface area contributed by atoms with E-state index >= 15 is 0 Å². The number of ether oxygens (including phenoxy) is 1. The maximum atomic E-state index is 11.4. The molecule has 7 heteroatoms. The van der Waals surface area contributed by atoms with Crippen LogP contribution in [-0.2, 0) is 11.2 Å². The number of carbonyl (C=O) groups is 1. The molecule has 0 aliphatic heterocycles. The van der Waals surface area contributed by atoms with Gasteiger partial charge in [-0.25, -0.2) is 9.78 Å². The minimum absolute atomic E-state index is 0.391. The molecular weight excluding hydrogens is 248 g/mol. The quantitative estimate of drug-likeness (QED) is 0.810. The van der Waals surface area contributed by atoms with Gasteiger partial charge in [-0.15, -0.1) is 0 Å². The lowest BCUT2D eigenvalue weighted by Gasteiger charge is -2.05. The first-order valence-corrected chi connectivity index (χ1v) is 5.76. The van der Waals surface area contributed by atoms with Gasteiger partial charge < -0.3 is 14.6 Å². The van der Waals surface area contributed by atoms with Crippen LogP contribution < -0.4 is 5.32 Å². The molecule has 1 N–H and O–H groups in total. The van der Waals surface area contributed by atoms with Crippen LogP contribution in [0, 0.1) is 6.92 Å². The third kappa shape index (κ3) is 3.51. The van der Waals surface area contributed by atoms with E-state index in [9.17, 15) is 4.79 Å². The molecule has 0 aromatic carbocycles. The first-order valence-electron chi connectivity index (χ1n) is 5.76. The van der Waals surface area contributed by atoms with Crippen molar-refractivity contribution in [2.45, 2.75) is 13.3 Å². The van der Waals surface area contributed by atoms with Gasteiger partial charge in [0.15, 0.2) is 5.82 Å². The van der Waals surface area contributed by atoms with Gasteiger partial charge >= 0.3 is 5.97 Å².